The van der Waals surface area contributed by atoms with Crippen molar-refractivity contribution in [3.05, 3.63) is 27.0 Å². The lowest BCUT2D eigenvalue weighted by Gasteiger charge is -2.37. The number of nitrogens with two attached hydrogens (primary N) is 1. The van der Waals surface area contributed by atoms with Gasteiger partial charge in [0.1, 0.15) is 17.5 Å². The molecule has 1 aromatic rings. The van der Waals surface area contributed by atoms with Crippen molar-refractivity contribution in [1.82, 2.24) is 20.5 Å². The molecule has 11 heteroatoms. The monoisotopic (exact) mass is 441 g/mol. The van der Waals surface area contributed by atoms with E-state index < -0.39 is 11.5 Å². The minimum atomic E-state index is -0.610. The summed E-state index contributed by atoms with van der Waals surface area (Å²) in [5, 5.41) is 6.17. The Morgan fingerprint density at radius 2 is 2.07 bits per heavy atom. The van der Waals surface area contributed by atoms with Crippen LogP contribution in [-0.4, -0.2) is 79.8 Å². The molecule has 0 aliphatic carbocycles. The summed E-state index contributed by atoms with van der Waals surface area (Å²) in [6.07, 6.45) is 1.85. The summed E-state index contributed by atoms with van der Waals surface area (Å²) in [5.74, 6) is -0.788. The minimum Gasteiger partial charge on any atom is -0.461 e. The lowest BCUT2D eigenvalue weighted by atomic mass is 10.0. The van der Waals surface area contributed by atoms with Crippen molar-refractivity contribution in [3.8, 4) is 0 Å². The lowest BCUT2D eigenvalue weighted by Crippen LogP contribution is -2.56. The second-order valence-electron chi connectivity index (χ2n) is 7.59. The molecule has 0 spiro atoms. The number of halogens is 1. The number of carbonyl (C=O) groups excluding carboxylic acids is 2. The number of aromatic amines is 1. The average molecular weight is 442 g/mol. The highest BCUT2D eigenvalue weighted by Crippen LogP contribution is 2.17. The Bertz CT molecular complexity index is 826. The third kappa shape index (κ3) is 5.72. The van der Waals surface area contributed by atoms with Crippen LogP contribution in [0.3, 0.4) is 0 Å². The number of hydrogen-bond acceptors (Lipinski definition) is 8. The maximum absolute atomic E-state index is 12.6. The van der Waals surface area contributed by atoms with Gasteiger partial charge in [0, 0.05) is 20.2 Å². The first-order valence-corrected chi connectivity index (χ1v) is 10.4. The number of anilines is 1. The van der Waals surface area contributed by atoms with Gasteiger partial charge in [0.2, 0.25) is 0 Å². The molecule has 5 N–H and O–H groups in total. The number of rotatable bonds is 6. The zero-order chi connectivity index (χ0) is 21.7. The van der Waals surface area contributed by atoms with Crippen LogP contribution in [0.5, 0.6) is 0 Å². The molecule has 2 saturated heterocycles. The average Bonchev–Trinajstić information content (AvgIpc) is 2.72. The number of aromatic nitrogens is 1. The Balaban J connectivity index is 1.54. The summed E-state index contributed by atoms with van der Waals surface area (Å²) in [6.45, 7) is 2.94. The van der Waals surface area contributed by atoms with Crippen molar-refractivity contribution in [2.24, 2.45) is 0 Å². The van der Waals surface area contributed by atoms with E-state index in [9.17, 15) is 14.4 Å². The zero-order valence-corrected chi connectivity index (χ0v) is 17.7. The van der Waals surface area contributed by atoms with Crippen molar-refractivity contribution in [2.75, 3.05) is 45.6 Å². The largest absolute Gasteiger partial charge is 0.461 e. The molecule has 30 heavy (non-hydrogen) atoms. The van der Waals surface area contributed by atoms with Gasteiger partial charge in [-0.1, -0.05) is 11.6 Å². The van der Waals surface area contributed by atoms with Gasteiger partial charge in [-0.25, -0.2) is 0 Å². The number of H-pyrrole nitrogens is 1. The smallest absolute Gasteiger partial charge is 0.320 e. The second kappa shape index (κ2) is 10.3. The standard InChI is InChI=1S/C19H28ClN5O5/c1-29-15-9-25(10-16(26)30-11-2-5-22-6-3-11)7-4-14(15)23-18(27)12-8-13(20)17(21)24-19(12)28/h8,11,14-15,22H,2-7,9-10H2,1H3,(H,23,27)(H3,21,24,28)/t14-,15+/m1/s1. The van der Waals surface area contributed by atoms with Crippen molar-refractivity contribution >= 4 is 29.3 Å². The Morgan fingerprint density at radius 3 is 2.77 bits per heavy atom. The van der Waals surface area contributed by atoms with Gasteiger partial charge < -0.3 is 30.8 Å². The van der Waals surface area contributed by atoms with Crippen LogP contribution in [0.25, 0.3) is 0 Å². The lowest BCUT2D eigenvalue weighted by molar-refractivity contribution is -0.152. The van der Waals surface area contributed by atoms with E-state index in [0.717, 1.165) is 25.9 Å². The van der Waals surface area contributed by atoms with E-state index in [1.807, 2.05) is 4.90 Å². The van der Waals surface area contributed by atoms with Crippen LogP contribution in [0, 0.1) is 0 Å². The van der Waals surface area contributed by atoms with Gasteiger partial charge >= 0.3 is 5.97 Å². The molecule has 0 unspecified atom stereocenters. The van der Waals surface area contributed by atoms with Crippen LogP contribution in [0.4, 0.5) is 5.82 Å². The molecule has 2 fully saturated rings. The number of hydrogen-bond donors (Lipinski definition) is 4. The SMILES string of the molecule is CO[C@H]1CN(CC(=O)OC2CCNCC2)CC[C@H]1NC(=O)c1cc(Cl)c(N)[nH]c1=O. The third-order valence-electron chi connectivity index (χ3n) is 5.47. The van der Waals surface area contributed by atoms with Gasteiger partial charge in [-0.05, 0) is 38.4 Å². The predicted molar refractivity (Wildman–Crippen MR) is 112 cm³/mol. The Kier molecular flexibility index (Phi) is 7.70. The molecular formula is C19H28ClN5O5. The van der Waals surface area contributed by atoms with E-state index in [0.29, 0.717) is 19.5 Å². The summed E-state index contributed by atoms with van der Waals surface area (Å²) < 4.78 is 11.1. The molecule has 0 aromatic carbocycles. The predicted octanol–water partition coefficient (Wildman–Crippen LogP) is -0.275. The van der Waals surface area contributed by atoms with Crippen LogP contribution in [-0.2, 0) is 14.3 Å². The molecule has 3 heterocycles. The van der Waals surface area contributed by atoms with E-state index in [1.165, 1.54) is 6.07 Å². The van der Waals surface area contributed by atoms with Crippen molar-refractivity contribution in [2.45, 2.75) is 37.5 Å². The van der Waals surface area contributed by atoms with E-state index in [-0.39, 0.29) is 47.2 Å². The summed E-state index contributed by atoms with van der Waals surface area (Å²) in [4.78, 5) is 41.1. The van der Waals surface area contributed by atoms with E-state index in [2.05, 4.69) is 15.6 Å². The number of nitrogens with zero attached hydrogens (tertiary/aromatic N) is 1. The molecule has 0 bridgehead atoms. The molecule has 166 valence electrons. The molecule has 0 saturated carbocycles. The molecule has 2 atom stereocenters. The van der Waals surface area contributed by atoms with Gasteiger partial charge in [-0.2, -0.15) is 0 Å². The topological polar surface area (TPSA) is 139 Å². The molecular weight excluding hydrogens is 414 g/mol. The zero-order valence-electron chi connectivity index (χ0n) is 16.9. The van der Waals surface area contributed by atoms with Gasteiger partial charge in [0.05, 0.1) is 23.7 Å². The van der Waals surface area contributed by atoms with E-state index >= 15 is 0 Å². The molecule has 0 radical (unpaired) electrons. The maximum Gasteiger partial charge on any atom is 0.320 e. The van der Waals surface area contributed by atoms with Gasteiger partial charge in [-0.3, -0.25) is 19.3 Å². The van der Waals surface area contributed by atoms with Gasteiger partial charge in [-0.15, -0.1) is 0 Å². The molecule has 1 amide bonds. The first kappa shape index (κ1) is 22.5. The van der Waals surface area contributed by atoms with Crippen LogP contribution in [0.1, 0.15) is 29.6 Å². The quantitative estimate of drug-likeness (QED) is 0.442. The second-order valence-corrected chi connectivity index (χ2v) is 8.00. The summed E-state index contributed by atoms with van der Waals surface area (Å²) in [6, 6.07) is 0.939. The summed E-state index contributed by atoms with van der Waals surface area (Å²) in [5.41, 5.74) is 4.82. The number of carbonyl (C=O) groups is 2. The Labute approximate surface area is 179 Å². The first-order chi connectivity index (χ1) is 14.4. The van der Waals surface area contributed by atoms with Crippen LogP contribution < -0.4 is 21.9 Å². The van der Waals surface area contributed by atoms with Gasteiger partial charge in [0.15, 0.2) is 0 Å². The number of likely N-dealkylation sites (tertiary alicyclic amines) is 1. The number of piperidine rings is 2. The number of methoxy groups -OCH3 is 1. The molecule has 1 aromatic heterocycles. The minimum absolute atomic E-state index is 0.0117. The number of esters is 1. The fourth-order valence-electron chi connectivity index (χ4n) is 3.78. The fourth-order valence-corrected chi connectivity index (χ4v) is 3.94. The highest BCUT2D eigenvalue weighted by Gasteiger charge is 2.32. The van der Waals surface area contributed by atoms with Crippen LogP contribution in [0.15, 0.2) is 10.9 Å². The normalized spacial score (nSPS) is 23.1. The molecule has 3 rings (SSSR count). The number of pyridine rings is 1. The van der Waals surface area contributed by atoms with E-state index in [1.54, 1.807) is 7.11 Å². The Morgan fingerprint density at radius 1 is 1.33 bits per heavy atom. The summed E-state index contributed by atoms with van der Waals surface area (Å²) in [7, 11) is 1.55. The van der Waals surface area contributed by atoms with Crippen molar-refractivity contribution in [1.29, 1.82) is 0 Å². The highest BCUT2D eigenvalue weighted by molar-refractivity contribution is 6.33. The molecule has 2 aliphatic heterocycles. The van der Waals surface area contributed by atoms with E-state index in [4.69, 9.17) is 26.8 Å². The van der Waals surface area contributed by atoms with Crippen LogP contribution in [0.2, 0.25) is 5.02 Å². The third-order valence-corrected chi connectivity index (χ3v) is 5.78. The maximum atomic E-state index is 12.6. The number of amides is 1. The van der Waals surface area contributed by atoms with Crippen molar-refractivity contribution in [3.63, 3.8) is 0 Å². The number of ether oxygens (including phenoxy) is 2. The molecule has 10 nitrogen and oxygen atoms in total. The Hall–Kier alpha value is -2.14. The number of nitrogen functional groups attached to an aromatic ring is 1. The fraction of sp³-hybridized carbons (Fsp3) is 0.632. The van der Waals surface area contributed by atoms with Gasteiger partial charge in [0.25, 0.3) is 11.5 Å². The first-order valence-electron chi connectivity index (χ1n) is 10.0. The number of nitrogens with one attached hydrogen (secondary N) is 3. The molecule has 2 aliphatic rings. The van der Waals surface area contributed by atoms with Crippen molar-refractivity contribution < 1.29 is 19.1 Å². The van der Waals surface area contributed by atoms with Crippen LogP contribution >= 0.6 is 11.6 Å². The highest BCUT2D eigenvalue weighted by atomic mass is 35.5. The summed E-state index contributed by atoms with van der Waals surface area (Å²) >= 11 is 5.91.